The zero-order valence-electron chi connectivity index (χ0n) is 12.3. The lowest BCUT2D eigenvalue weighted by Crippen LogP contribution is -2.52. The van der Waals surface area contributed by atoms with E-state index < -0.39 is 11.4 Å². The molecule has 2 aliphatic rings. The van der Waals surface area contributed by atoms with Crippen molar-refractivity contribution in [1.29, 1.82) is 0 Å². The lowest BCUT2D eigenvalue weighted by atomic mass is 9.82. The summed E-state index contributed by atoms with van der Waals surface area (Å²) in [6.45, 7) is 4.84. The number of carboxylic acids is 1. The van der Waals surface area contributed by atoms with Crippen molar-refractivity contribution in [3.63, 3.8) is 0 Å². The Kier molecular flexibility index (Phi) is 4.52. The fourth-order valence-corrected chi connectivity index (χ4v) is 3.16. The van der Waals surface area contributed by atoms with Crippen LogP contribution in [0.1, 0.15) is 26.2 Å². The Bertz CT molecular complexity index is 387. The molecule has 2 aliphatic heterocycles. The van der Waals surface area contributed by atoms with Crippen LogP contribution < -0.4 is 0 Å². The van der Waals surface area contributed by atoms with Crippen LogP contribution in [-0.2, 0) is 9.53 Å². The molecule has 0 bridgehead atoms. The summed E-state index contributed by atoms with van der Waals surface area (Å²) in [7, 11) is 1.67. The molecule has 0 aromatic carbocycles. The summed E-state index contributed by atoms with van der Waals surface area (Å²) in [5.41, 5.74) is -0.806. The van der Waals surface area contributed by atoms with Crippen LogP contribution in [0.25, 0.3) is 0 Å². The molecule has 20 heavy (non-hydrogen) atoms. The number of ether oxygens (including phenoxy) is 1. The lowest BCUT2D eigenvalue weighted by Gasteiger charge is -2.39. The molecule has 0 radical (unpaired) electrons. The average Bonchev–Trinajstić information content (AvgIpc) is 2.87. The molecular formula is C14H24N2O4. The van der Waals surface area contributed by atoms with Gasteiger partial charge in [-0.1, -0.05) is 0 Å². The number of carbonyl (C=O) groups is 2. The molecule has 6 nitrogen and oxygen atoms in total. The number of amides is 2. The van der Waals surface area contributed by atoms with Crippen molar-refractivity contribution in [3.8, 4) is 0 Å². The van der Waals surface area contributed by atoms with Crippen LogP contribution in [-0.4, -0.2) is 66.8 Å². The molecule has 2 atom stereocenters. The molecule has 0 aliphatic carbocycles. The van der Waals surface area contributed by atoms with Crippen LogP contribution in [0.5, 0.6) is 0 Å². The highest BCUT2D eigenvalue weighted by molar-refractivity contribution is 5.78. The summed E-state index contributed by atoms with van der Waals surface area (Å²) >= 11 is 0. The van der Waals surface area contributed by atoms with Crippen molar-refractivity contribution >= 4 is 12.0 Å². The first-order valence-electron chi connectivity index (χ1n) is 7.22. The van der Waals surface area contributed by atoms with Crippen molar-refractivity contribution in [3.05, 3.63) is 0 Å². The number of piperidine rings is 1. The Balaban J connectivity index is 1.94. The van der Waals surface area contributed by atoms with Gasteiger partial charge < -0.3 is 19.6 Å². The number of aliphatic carboxylic acids is 1. The number of hydrogen-bond donors (Lipinski definition) is 1. The maximum Gasteiger partial charge on any atom is 0.320 e. The van der Waals surface area contributed by atoms with E-state index in [0.717, 1.165) is 19.4 Å². The first kappa shape index (κ1) is 15.1. The predicted octanol–water partition coefficient (Wildman–Crippen LogP) is 1.26. The van der Waals surface area contributed by atoms with Crippen LogP contribution in [0, 0.1) is 11.3 Å². The Morgan fingerprint density at radius 1 is 1.35 bits per heavy atom. The van der Waals surface area contributed by atoms with E-state index in [4.69, 9.17) is 4.74 Å². The van der Waals surface area contributed by atoms with E-state index in [9.17, 15) is 14.7 Å². The summed E-state index contributed by atoms with van der Waals surface area (Å²) in [4.78, 5) is 27.3. The zero-order valence-corrected chi connectivity index (χ0v) is 12.3. The number of hydrogen-bond acceptors (Lipinski definition) is 3. The van der Waals surface area contributed by atoms with Crippen LogP contribution in [0.2, 0.25) is 0 Å². The Hall–Kier alpha value is -1.30. The minimum atomic E-state index is -0.811. The van der Waals surface area contributed by atoms with Gasteiger partial charge in [-0.25, -0.2) is 4.79 Å². The van der Waals surface area contributed by atoms with Gasteiger partial charge in [0.2, 0.25) is 0 Å². The molecule has 0 spiro atoms. The summed E-state index contributed by atoms with van der Waals surface area (Å²) in [6, 6.07) is -0.0178. The number of carboxylic acid groups (broad SMARTS) is 1. The van der Waals surface area contributed by atoms with Crippen molar-refractivity contribution < 1.29 is 19.4 Å². The highest BCUT2D eigenvalue weighted by Gasteiger charge is 2.41. The lowest BCUT2D eigenvalue weighted by molar-refractivity contribution is -0.150. The fourth-order valence-electron chi connectivity index (χ4n) is 3.16. The van der Waals surface area contributed by atoms with Crippen molar-refractivity contribution in [2.75, 3.05) is 39.9 Å². The van der Waals surface area contributed by atoms with Gasteiger partial charge in [0, 0.05) is 39.2 Å². The smallest absolute Gasteiger partial charge is 0.320 e. The third-order valence-corrected chi connectivity index (χ3v) is 4.44. The summed E-state index contributed by atoms with van der Waals surface area (Å²) < 4.78 is 5.13. The van der Waals surface area contributed by atoms with E-state index in [0.29, 0.717) is 38.6 Å². The first-order valence-corrected chi connectivity index (χ1v) is 7.22. The highest BCUT2D eigenvalue weighted by Crippen LogP contribution is 2.31. The van der Waals surface area contributed by atoms with E-state index in [1.807, 2.05) is 4.90 Å². The molecule has 2 heterocycles. The van der Waals surface area contributed by atoms with Gasteiger partial charge in [-0.15, -0.1) is 0 Å². The summed E-state index contributed by atoms with van der Waals surface area (Å²) in [6.07, 6.45) is 2.35. The second-order valence-corrected chi connectivity index (χ2v) is 6.23. The molecule has 2 fully saturated rings. The number of likely N-dealkylation sites (tertiary alicyclic amines) is 2. The van der Waals surface area contributed by atoms with Crippen LogP contribution in [0.15, 0.2) is 0 Å². The van der Waals surface area contributed by atoms with Gasteiger partial charge in [0.15, 0.2) is 0 Å². The number of urea groups is 1. The van der Waals surface area contributed by atoms with Gasteiger partial charge in [-0.3, -0.25) is 4.79 Å². The van der Waals surface area contributed by atoms with Crippen LogP contribution in [0.4, 0.5) is 4.79 Å². The third-order valence-electron chi connectivity index (χ3n) is 4.44. The van der Waals surface area contributed by atoms with E-state index in [1.54, 1.807) is 18.9 Å². The monoisotopic (exact) mass is 284 g/mol. The predicted molar refractivity (Wildman–Crippen MR) is 73.5 cm³/mol. The first-order chi connectivity index (χ1) is 9.46. The maximum absolute atomic E-state index is 12.5. The van der Waals surface area contributed by atoms with E-state index in [2.05, 4.69) is 0 Å². The Morgan fingerprint density at radius 2 is 2.10 bits per heavy atom. The average molecular weight is 284 g/mol. The van der Waals surface area contributed by atoms with Crippen LogP contribution >= 0.6 is 0 Å². The fraction of sp³-hybridized carbons (Fsp3) is 0.857. The number of rotatable bonds is 3. The normalized spacial score (nSPS) is 30.6. The second-order valence-electron chi connectivity index (χ2n) is 6.23. The Labute approximate surface area is 119 Å². The molecule has 0 saturated carbocycles. The van der Waals surface area contributed by atoms with E-state index in [-0.39, 0.29) is 6.03 Å². The number of nitrogens with zero attached hydrogens (tertiary/aromatic N) is 2. The molecule has 2 rings (SSSR count). The SMILES string of the molecule is COCC1CCN(C(=O)N2CCCC(C)(C(=O)O)C2)C1. The van der Waals surface area contributed by atoms with E-state index >= 15 is 0 Å². The van der Waals surface area contributed by atoms with Gasteiger partial charge in [-0.05, 0) is 26.2 Å². The van der Waals surface area contributed by atoms with Crippen molar-refractivity contribution in [2.45, 2.75) is 26.2 Å². The molecule has 114 valence electrons. The molecule has 1 N–H and O–H groups in total. The molecule has 2 amide bonds. The quantitative estimate of drug-likeness (QED) is 0.847. The minimum absolute atomic E-state index is 0.0178. The summed E-state index contributed by atoms with van der Waals surface area (Å²) in [5.74, 6) is -0.409. The molecule has 0 aromatic rings. The third kappa shape index (κ3) is 3.06. The van der Waals surface area contributed by atoms with Gasteiger partial charge in [0.1, 0.15) is 0 Å². The van der Waals surface area contributed by atoms with Gasteiger partial charge in [0.05, 0.1) is 12.0 Å². The van der Waals surface area contributed by atoms with Crippen molar-refractivity contribution in [2.24, 2.45) is 11.3 Å². The largest absolute Gasteiger partial charge is 0.481 e. The van der Waals surface area contributed by atoms with Crippen molar-refractivity contribution in [1.82, 2.24) is 9.80 Å². The highest BCUT2D eigenvalue weighted by atomic mass is 16.5. The van der Waals surface area contributed by atoms with Gasteiger partial charge >= 0.3 is 12.0 Å². The molecule has 2 saturated heterocycles. The minimum Gasteiger partial charge on any atom is -0.481 e. The number of carbonyl (C=O) groups excluding carboxylic acids is 1. The summed E-state index contributed by atoms with van der Waals surface area (Å²) in [5, 5.41) is 9.31. The molecule has 2 unspecified atom stereocenters. The van der Waals surface area contributed by atoms with Gasteiger partial charge in [0.25, 0.3) is 0 Å². The molecular weight excluding hydrogens is 260 g/mol. The zero-order chi connectivity index (χ0) is 14.8. The topological polar surface area (TPSA) is 70.1 Å². The van der Waals surface area contributed by atoms with E-state index in [1.165, 1.54) is 0 Å². The molecule has 0 aromatic heterocycles. The Morgan fingerprint density at radius 3 is 2.75 bits per heavy atom. The van der Waals surface area contributed by atoms with Crippen LogP contribution in [0.3, 0.4) is 0 Å². The van der Waals surface area contributed by atoms with Gasteiger partial charge in [-0.2, -0.15) is 0 Å². The second kappa shape index (κ2) is 5.99. The standard InChI is InChI=1S/C14H24N2O4/c1-14(12(17)18)5-3-6-16(10-14)13(19)15-7-4-11(8-15)9-20-2/h11H,3-10H2,1-2H3,(H,17,18). The number of methoxy groups -OCH3 is 1. The molecule has 6 heteroatoms. The maximum atomic E-state index is 12.5.